The van der Waals surface area contributed by atoms with E-state index in [1.54, 1.807) is 16.7 Å². The Kier molecular flexibility index (Phi) is 5.58. The molecule has 140 valence electrons. The Hall–Kier alpha value is -1.75. The molecule has 1 unspecified atom stereocenters. The molecule has 1 aliphatic carbocycles. The van der Waals surface area contributed by atoms with Gasteiger partial charge in [0.1, 0.15) is 17.9 Å². The van der Waals surface area contributed by atoms with E-state index in [1.165, 1.54) is 28.5 Å². The van der Waals surface area contributed by atoms with Crippen LogP contribution in [0.2, 0.25) is 0 Å². The Morgan fingerprint density at radius 1 is 1.33 bits per heavy atom. The van der Waals surface area contributed by atoms with Gasteiger partial charge in [0.15, 0.2) is 0 Å². The van der Waals surface area contributed by atoms with Crippen molar-refractivity contribution in [1.82, 2.24) is 10.2 Å². The first-order chi connectivity index (χ1) is 13.2. The number of nitrogens with one attached hydrogen (secondary N) is 1. The van der Waals surface area contributed by atoms with Crippen LogP contribution in [0, 0.1) is 11.3 Å². The van der Waals surface area contributed by atoms with Crippen molar-refractivity contribution in [2.24, 2.45) is 0 Å². The topological polar surface area (TPSA) is 73.2 Å². The summed E-state index contributed by atoms with van der Waals surface area (Å²) in [5, 5.41) is 12.0. The number of Topliss-reactive ketones (excluding diaryl/α,β-unsaturated/α-hetero) is 1. The summed E-state index contributed by atoms with van der Waals surface area (Å²) in [4.78, 5) is 27.3. The molecule has 1 aromatic rings. The van der Waals surface area contributed by atoms with Crippen molar-refractivity contribution in [3.8, 4) is 6.07 Å². The number of nitriles is 1. The predicted molar refractivity (Wildman–Crippen MR) is 109 cm³/mol. The summed E-state index contributed by atoms with van der Waals surface area (Å²) >= 11 is 3.10. The van der Waals surface area contributed by atoms with Crippen LogP contribution in [0.1, 0.15) is 24.0 Å². The number of allylic oxidation sites excluding steroid dienone is 1. The molecule has 0 saturated carbocycles. The molecule has 1 N–H and O–H groups in total. The number of carbonyl (C=O) groups excluding carboxylic acids is 2. The molecule has 1 amide bonds. The zero-order chi connectivity index (χ0) is 18.8. The summed E-state index contributed by atoms with van der Waals surface area (Å²) in [6.07, 6.45) is 4.30. The molecule has 3 aliphatic rings. The second kappa shape index (κ2) is 8.09. The Balaban J connectivity index is 1.36. The zero-order valence-corrected chi connectivity index (χ0v) is 16.5. The van der Waals surface area contributed by atoms with E-state index >= 15 is 0 Å². The number of benzene rings is 1. The van der Waals surface area contributed by atoms with E-state index in [2.05, 4.69) is 29.6 Å². The van der Waals surface area contributed by atoms with Gasteiger partial charge in [0.25, 0.3) is 0 Å². The second-order valence-electron chi connectivity index (χ2n) is 7.01. The standard InChI is InChI=1S/C20H21N3O2S2/c21-9-16-10-26-12-23(16)20(25)18-19(27-11-22-18)17(24)6-5-13-7-14-3-1-2-4-15(14)8-13/h1-4,7,16,18-19,22H,5-6,8,10-12H2/t16-,18+,19?/m1/s1. The molecule has 0 bridgehead atoms. The van der Waals surface area contributed by atoms with Gasteiger partial charge in [-0.1, -0.05) is 35.9 Å². The minimum atomic E-state index is -0.508. The van der Waals surface area contributed by atoms with Gasteiger partial charge in [-0.3, -0.25) is 14.9 Å². The summed E-state index contributed by atoms with van der Waals surface area (Å²) in [6.45, 7) is 0. The SMILES string of the molecule is N#C[C@@H]1CSCN1C(=O)[C@H]1NCSC1C(=O)CCC1=Cc2ccccc2C1. The van der Waals surface area contributed by atoms with Gasteiger partial charge in [-0.2, -0.15) is 5.26 Å². The molecule has 2 heterocycles. The van der Waals surface area contributed by atoms with E-state index in [0.29, 0.717) is 23.9 Å². The zero-order valence-electron chi connectivity index (χ0n) is 14.9. The molecule has 1 aromatic carbocycles. The van der Waals surface area contributed by atoms with Crippen molar-refractivity contribution in [3.63, 3.8) is 0 Å². The van der Waals surface area contributed by atoms with Crippen molar-refractivity contribution < 1.29 is 9.59 Å². The summed E-state index contributed by atoms with van der Waals surface area (Å²) < 4.78 is 0. The van der Waals surface area contributed by atoms with Crippen LogP contribution in [0.3, 0.4) is 0 Å². The maximum atomic E-state index is 12.9. The molecular formula is C20H21N3O2S2. The van der Waals surface area contributed by atoms with Crippen LogP contribution >= 0.6 is 23.5 Å². The maximum Gasteiger partial charge on any atom is 0.243 e. The molecule has 27 heavy (non-hydrogen) atoms. The van der Waals surface area contributed by atoms with E-state index in [4.69, 9.17) is 0 Å². The van der Waals surface area contributed by atoms with Crippen molar-refractivity contribution in [2.45, 2.75) is 36.6 Å². The lowest BCUT2D eigenvalue weighted by Gasteiger charge is -2.25. The van der Waals surface area contributed by atoms with Crippen LogP contribution in [0.5, 0.6) is 0 Å². The molecule has 7 heteroatoms. The van der Waals surface area contributed by atoms with Crippen molar-refractivity contribution >= 4 is 41.3 Å². The van der Waals surface area contributed by atoms with Gasteiger partial charge in [-0.05, 0) is 24.0 Å². The molecule has 3 atom stereocenters. The van der Waals surface area contributed by atoms with E-state index in [9.17, 15) is 14.9 Å². The highest BCUT2D eigenvalue weighted by Gasteiger charge is 2.42. The summed E-state index contributed by atoms with van der Waals surface area (Å²) in [7, 11) is 0. The van der Waals surface area contributed by atoms with Gasteiger partial charge in [0.05, 0.1) is 17.2 Å². The van der Waals surface area contributed by atoms with Gasteiger partial charge < -0.3 is 4.90 Å². The van der Waals surface area contributed by atoms with Gasteiger partial charge in [-0.15, -0.1) is 23.5 Å². The Labute approximate surface area is 167 Å². The van der Waals surface area contributed by atoms with E-state index < -0.39 is 6.04 Å². The number of fused-ring (bicyclic) bond motifs is 1. The smallest absolute Gasteiger partial charge is 0.243 e. The van der Waals surface area contributed by atoms with E-state index in [1.807, 2.05) is 12.1 Å². The summed E-state index contributed by atoms with van der Waals surface area (Å²) in [6, 6.07) is 9.62. The highest BCUT2D eigenvalue weighted by molar-refractivity contribution is 8.01. The minimum Gasteiger partial charge on any atom is -0.315 e. The third-order valence-electron chi connectivity index (χ3n) is 5.29. The fourth-order valence-electron chi connectivity index (χ4n) is 3.81. The number of ketones is 1. The van der Waals surface area contributed by atoms with Crippen LogP contribution in [0.15, 0.2) is 29.8 Å². The molecule has 0 spiro atoms. The van der Waals surface area contributed by atoms with Crippen molar-refractivity contribution in [2.75, 3.05) is 17.5 Å². The quantitative estimate of drug-likeness (QED) is 0.820. The predicted octanol–water partition coefficient (Wildman–Crippen LogP) is 2.43. The first-order valence-corrected chi connectivity index (χ1v) is 11.3. The van der Waals surface area contributed by atoms with Crippen LogP contribution < -0.4 is 5.32 Å². The van der Waals surface area contributed by atoms with Crippen molar-refractivity contribution in [3.05, 3.63) is 41.0 Å². The Morgan fingerprint density at radius 2 is 2.19 bits per heavy atom. The lowest BCUT2D eigenvalue weighted by molar-refractivity contribution is -0.134. The van der Waals surface area contributed by atoms with Gasteiger partial charge >= 0.3 is 0 Å². The first kappa shape index (κ1) is 18.6. The number of thioether (sulfide) groups is 2. The fraction of sp³-hybridized carbons (Fsp3) is 0.450. The highest BCUT2D eigenvalue weighted by Crippen LogP contribution is 2.31. The lowest BCUT2D eigenvalue weighted by atomic mass is 10.0. The maximum absolute atomic E-state index is 12.9. The molecule has 2 fully saturated rings. The number of nitrogens with zero attached hydrogens (tertiary/aromatic N) is 2. The Bertz CT molecular complexity index is 833. The molecule has 2 saturated heterocycles. The number of hydrogen-bond acceptors (Lipinski definition) is 6. The molecule has 5 nitrogen and oxygen atoms in total. The molecular weight excluding hydrogens is 378 g/mol. The van der Waals surface area contributed by atoms with Crippen LogP contribution in [0.4, 0.5) is 0 Å². The Morgan fingerprint density at radius 3 is 3.00 bits per heavy atom. The van der Waals surface area contributed by atoms with Gasteiger partial charge in [-0.25, -0.2) is 0 Å². The van der Waals surface area contributed by atoms with Crippen LogP contribution in [-0.2, 0) is 16.0 Å². The number of amides is 1. The largest absolute Gasteiger partial charge is 0.315 e. The first-order valence-electron chi connectivity index (χ1n) is 9.10. The normalized spacial score (nSPS) is 26.6. The third-order valence-corrected chi connectivity index (χ3v) is 7.53. The third kappa shape index (κ3) is 3.79. The van der Waals surface area contributed by atoms with Crippen LogP contribution in [0.25, 0.3) is 6.08 Å². The highest BCUT2D eigenvalue weighted by atomic mass is 32.2. The molecule has 0 radical (unpaired) electrons. The fourth-order valence-corrected chi connectivity index (χ4v) is 6.06. The van der Waals surface area contributed by atoms with Gasteiger partial charge in [0.2, 0.25) is 5.91 Å². The number of hydrogen-bond donors (Lipinski definition) is 1. The van der Waals surface area contributed by atoms with E-state index in [0.717, 1.165) is 12.8 Å². The van der Waals surface area contributed by atoms with E-state index in [-0.39, 0.29) is 23.0 Å². The molecule has 2 aliphatic heterocycles. The monoisotopic (exact) mass is 399 g/mol. The number of rotatable bonds is 5. The van der Waals surface area contributed by atoms with Crippen molar-refractivity contribution in [1.29, 1.82) is 5.26 Å². The molecule has 0 aromatic heterocycles. The summed E-state index contributed by atoms with van der Waals surface area (Å²) in [5.41, 5.74) is 3.85. The summed E-state index contributed by atoms with van der Waals surface area (Å²) in [5.74, 6) is 1.79. The van der Waals surface area contributed by atoms with Crippen LogP contribution in [-0.4, -0.2) is 51.4 Å². The number of carbonyl (C=O) groups is 2. The van der Waals surface area contributed by atoms with Gasteiger partial charge in [0, 0.05) is 18.1 Å². The second-order valence-corrected chi connectivity index (χ2v) is 9.14. The minimum absolute atomic E-state index is 0.109. The average Bonchev–Trinajstić information content (AvgIpc) is 3.43. The average molecular weight is 400 g/mol. The lowest BCUT2D eigenvalue weighted by Crippen LogP contribution is -2.51. The molecule has 4 rings (SSSR count).